The largest absolute Gasteiger partial charge is 0.339 e. The summed E-state index contributed by atoms with van der Waals surface area (Å²) < 4.78 is 5.33. The monoisotopic (exact) mass is 207 g/mol. The minimum absolute atomic E-state index is 0.209. The summed E-state index contributed by atoms with van der Waals surface area (Å²) in [5, 5.41) is 4.01. The first kappa shape index (κ1) is 9.33. The van der Waals surface area contributed by atoms with Gasteiger partial charge in [0.2, 0.25) is 5.89 Å². The fraction of sp³-hybridized carbons (Fsp3) is 0.818. The standard InChI is InChI=1S/C11H17N3O/c1-6(5-12)10-13-11(15-14-10)9-7-3-2-4-8(7)9/h6-9H,2-5,12H2,1H3. The van der Waals surface area contributed by atoms with Crippen molar-refractivity contribution in [2.75, 3.05) is 6.54 Å². The molecule has 82 valence electrons. The van der Waals surface area contributed by atoms with Gasteiger partial charge >= 0.3 is 0 Å². The summed E-state index contributed by atoms with van der Waals surface area (Å²) in [6.45, 7) is 2.61. The van der Waals surface area contributed by atoms with E-state index in [0.29, 0.717) is 12.5 Å². The van der Waals surface area contributed by atoms with E-state index in [9.17, 15) is 0 Å². The van der Waals surface area contributed by atoms with E-state index < -0.39 is 0 Å². The van der Waals surface area contributed by atoms with Crippen molar-refractivity contribution >= 4 is 0 Å². The Hall–Kier alpha value is -0.900. The number of nitrogens with two attached hydrogens (primary N) is 1. The highest BCUT2D eigenvalue weighted by atomic mass is 16.5. The van der Waals surface area contributed by atoms with Gasteiger partial charge in [0.15, 0.2) is 5.82 Å². The number of fused-ring (bicyclic) bond motifs is 1. The molecule has 3 atom stereocenters. The summed E-state index contributed by atoms with van der Waals surface area (Å²) in [5.41, 5.74) is 5.58. The van der Waals surface area contributed by atoms with Gasteiger partial charge < -0.3 is 10.3 Å². The van der Waals surface area contributed by atoms with Gasteiger partial charge in [-0.1, -0.05) is 18.5 Å². The molecule has 2 aliphatic rings. The lowest BCUT2D eigenvalue weighted by molar-refractivity contribution is 0.361. The highest BCUT2D eigenvalue weighted by molar-refractivity contribution is 5.16. The van der Waals surface area contributed by atoms with Crippen molar-refractivity contribution in [3.63, 3.8) is 0 Å². The SMILES string of the molecule is CC(CN)c1noc(C2C3CCCC32)n1. The molecule has 2 saturated carbocycles. The Kier molecular flexibility index (Phi) is 2.06. The normalized spacial score (nSPS) is 35.2. The molecule has 3 rings (SSSR count). The van der Waals surface area contributed by atoms with Crippen molar-refractivity contribution in [2.24, 2.45) is 17.6 Å². The van der Waals surface area contributed by atoms with Crippen molar-refractivity contribution < 1.29 is 4.52 Å². The van der Waals surface area contributed by atoms with Crippen LogP contribution in [0.4, 0.5) is 0 Å². The van der Waals surface area contributed by atoms with Crippen molar-refractivity contribution in [1.82, 2.24) is 10.1 Å². The van der Waals surface area contributed by atoms with Gasteiger partial charge in [-0.15, -0.1) is 0 Å². The molecule has 0 amide bonds. The zero-order chi connectivity index (χ0) is 10.4. The molecule has 2 fully saturated rings. The molecule has 1 aromatic rings. The second-order valence-corrected chi connectivity index (χ2v) is 4.91. The lowest BCUT2D eigenvalue weighted by atomic mass is 10.1. The second-order valence-electron chi connectivity index (χ2n) is 4.91. The number of rotatable bonds is 3. The van der Waals surface area contributed by atoms with Gasteiger partial charge in [0.05, 0.1) is 0 Å². The lowest BCUT2D eigenvalue weighted by Crippen LogP contribution is -2.10. The van der Waals surface area contributed by atoms with Crippen LogP contribution < -0.4 is 5.73 Å². The molecule has 0 bridgehead atoms. The van der Waals surface area contributed by atoms with E-state index >= 15 is 0 Å². The Morgan fingerprint density at radius 2 is 2.20 bits per heavy atom. The number of aromatic nitrogens is 2. The van der Waals surface area contributed by atoms with Crippen LogP contribution in [0.25, 0.3) is 0 Å². The molecule has 4 heteroatoms. The molecule has 2 N–H and O–H groups in total. The van der Waals surface area contributed by atoms with Crippen LogP contribution in [0, 0.1) is 11.8 Å². The number of nitrogens with zero attached hydrogens (tertiary/aromatic N) is 2. The molecule has 4 nitrogen and oxygen atoms in total. The maximum absolute atomic E-state index is 5.58. The summed E-state index contributed by atoms with van der Waals surface area (Å²) in [4.78, 5) is 4.47. The number of hydrogen-bond acceptors (Lipinski definition) is 4. The fourth-order valence-corrected chi connectivity index (χ4v) is 2.88. The van der Waals surface area contributed by atoms with Crippen molar-refractivity contribution in [1.29, 1.82) is 0 Å². The van der Waals surface area contributed by atoms with Crippen molar-refractivity contribution in [3.05, 3.63) is 11.7 Å². The van der Waals surface area contributed by atoms with Gasteiger partial charge in [-0.05, 0) is 24.7 Å². The molecular weight excluding hydrogens is 190 g/mol. The molecule has 3 unspecified atom stereocenters. The summed E-state index contributed by atoms with van der Waals surface area (Å²) in [7, 11) is 0. The molecule has 0 radical (unpaired) electrons. The topological polar surface area (TPSA) is 64.9 Å². The third-order valence-corrected chi connectivity index (χ3v) is 3.94. The Morgan fingerprint density at radius 1 is 1.47 bits per heavy atom. The predicted molar refractivity (Wildman–Crippen MR) is 55.3 cm³/mol. The smallest absolute Gasteiger partial charge is 0.230 e. The molecule has 1 heterocycles. The molecule has 0 aliphatic heterocycles. The molecule has 1 aromatic heterocycles. The van der Waals surface area contributed by atoms with Gasteiger partial charge in [-0.25, -0.2) is 0 Å². The van der Waals surface area contributed by atoms with E-state index in [0.717, 1.165) is 23.6 Å². The first-order valence-corrected chi connectivity index (χ1v) is 5.85. The molecule has 2 aliphatic carbocycles. The molecule has 15 heavy (non-hydrogen) atoms. The first-order chi connectivity index (χ1) is 7.31. The Balaban J connectivity index is 1.75. The van der Waals surface area contributed by atoms with Gasteiger partial charge in [0, 0.05) is 18.4 Å². The highest BCUT2D eigenvalue weighted by Crippen LogP contribution is 2.62. The highest BCUT2D eigenvalue weighted by Gasteiger charge is 2.56. The summed E-state index contributed by atoms with van der Waals surface area (Å²) >= 11 is 0. The first-order valence-electron chi connectivity index (χ1n) is 5.85. The van der Waals surface area contributed by atoms with Crippen LogP contribution >= 0.6 is 0 Å². The third kappa shape index (κ3) is 1.39. The maximum Gasteiger partial charge on any atom is 0.230 e. The summed E-state index contributed by atoms with van der Waals surface area (Å²) in [6.07, 6.45) is 4.07. The van der Waals surface area contributed by atoms with E-state index in [1.165, 1.54) is 19.3 Å². The Labute approximate surface area is 89.2 Å². The minimum Gasteiger partial charge on any atom is -0.339 e. The molecule has 0 aromatic carbocycles. The number of hydrogen-bond donors (Lipinski definition) is 1. The molecule has 0 spiro atoms. The van der Waals surface area contributed by atoms with Gasteiger partial charge in [-0.2, -0.15) is 4.98 Å². The van der Waals surface area contributed by atoms with Crippen molar-refractivity contribution in [3.8, 4) is 0 Å². The van der Waals surface area contributed by atoms with Crippen LogP contribution in [0.1, 0.15) is 49.7 Å². The Bertz CT molecular complexity index is 352. The minimum atomic E-state index is 0.209. The van der Waals surface area contributed by atoms with E-state index in [2.05, 4.69) is 10.1 Å². The van der Waals surface area contributed by atoms with Gasteiger partial charge in [-0.3, -0.25) is 0 Å². The van der Waals surface area contributed by atoms with E-state index in [1.807, 2.05) is 6.92 Å². The summed E-state index contributed by atoms with van der Waals surface area (Å²) in [5.74, 6) is 4.10. The van der Waals surface area contributed by atoms with Gasteiger partial charge in [0.25, 0.3) is 0 Å². The quantitative estimate of drug-likeness (QED) is 0.818. The van der Waals surface area contributed by atoms with E-state index in [4.69, 9.17) is 10.3 Å². The second kappa shape index (κ2) is 3.30. The zero-order valence-electron chi connectivity index (χ0n) is 9.02. The average Bonchev–Trinajstić information content (AvgIpc) is 2.74. The van der Waals surface area contributed by atoms with E-state index in [1.54, 1.807) is 0 Å². The molecular formula is C11H17N3O. The van der Waals surface area contributed by atoms with Gasteiger partial charge in [0.1, 0.15) is 0 Å². The zero-order valence-corrected chi connectivity index (χ0v) is 9.02. The third-order valence-electron chi connectivity index (χ3n) is 3.94. The van der Waals surface area contributed by atoms with Crippen LogP contribution in [-0.2, 0) is 0 Å². The van der Waals surface area contributed by atoms with Crippen LogP contribution in [0.3, 0.4) is 0 Å². The lowest BCUT2D eigenvalue weighted by Gasteiger charge is -1.99. The van der Waals surface area contributed by atoms with E-state index in [-0.39, 0.29) is 5.92 Å². The molecule has 0 saturated heterocycles. The summed E-state index contributed by atoms with van der Waals surface area (Å²) in [6, 6.07) is 0. The van der Waals surface area contributed by atoms with Crippen LogP contribution in [-0.4, -0.2) is 16.7 Å². The van der Waals surface area contributed by atoms with Crippen molar-refractivity contribution in [2.45, 2.75) is 38.0 Å². The average molecular weight is 207 g/mol. The predicted octanol–water partition coefficient (Wildman–Crippen LogP) is 1.65. The van der Waals surface area contributed by atoms with Crippen LogP contribution in [0.2, 0.25) is 0 Å². The fourth-order valence-electron chi connectivity index (χ4n) is 2.88. The maximum atomic E-state index is 5.58. The Morgan fingerprint density at radius 3 is 2.87 bits per heavy atom. The van der Waals surface area contributed by atoms with Crippen LogP contribution in [0.15, 0.2) is 4.52 Å². The van der Waals surface area contributed by atoms with Crippen LogP contribution in [0.5, 0.6) is 0 Å².